The SMILES string of the molecule is Cc1c2cc(-n3cc(C(=O)N[C@H]4CCN(C)C4)nc3-c3ccc(C#N)c(I)c3)ccc2nn1C. The van der Waals surface area contributed by atoms with E-state index in [4.69, 9.17) is 4.98 Å². The lowest BCUT2D eigenvalue weighted by Gasteiger charge is -2.11. The summed E-state index contributed by atoms with van der Waals surface area (Å²) in [7, 11) is 3.99. The lowest BCUT2D eigenvalue weighted by molar-refractivity contribution is 0.0934. The van der Waals surface area contributed by atoms with Crippen molar-refractivity contribution in [2.45, 2.75) is 19.4 Å². The van der Waals surface area contributed by atoms with Crippen molar-refractivity contribution in [3.8, 4) is 23.1 Å². The molecule has 0 bridgehead atoms. The molecule has 2 aromatic heterocycles. The van der Waals surface area contributed by atoms with Crippen molar-refractivity contribution in [3.05, 3.63) is 63.1 Å². The second-order valence-electron chi connectivity index (χ2n) is 8.76. The molecule has 1 aliphatic rings. The highest BCUT2D eigenvalue weighted by Crippen LogP contribution is 2.28. The van der Waals surface area contributed by atoms with E-state index in [1.807, 2.05) is 47.5 Å². The molecule has 0 unspecified atom stereocenters. The number of carbonyl (C=O) groups is 1. The molecule has 1 saturated heterocycles. The van der Waals surface area contributed by atoms with Gasteiger partial charge >= 0.3 is 0 Å². The van der Waals surface area contributed by atoms with Crippen LogP contribution in [0, 0.1) is 21.8 Å². The molecule has 8 nitrogen and oxygen atoms in total. The summed E-state index contributed by atoms with van der Waals surface area (Å²) in [6.45, 7) is 3.84. The second kappa shape index (κ2) is 8.85. The molecule has 1 N–H and O–H groups in total. The summed E-state index contributed by atoms with van der Waals surface area (Å²) < 4.78 is 4.65. The van der Waals surface area contributed by atoms with E-state index in [-0.39, 0.29) is 11.9 Å². The molecule has 5 rings (SSSR count). The molecule has 1 amide bonds. The number of nitrogens with zero attached hydrogens (tertiary/aromatic N) is 6. The zero-order chi connectivity index (χ0) is 24.0. The third-order valence-corrected chi connectivity index (χ3v) is 7.30. The lowest BCUT2D eigenvalue weighted by Crippen LogP contribution is -2.36. The van der Waals surface area contributed by atoms with Gasteiger partial charge in [0.25, 0.3) is 5.91 Å². The summed E-state index contributed by atoms with van der Waals surface area (Å²) in [6.07, 6.45) is 2.72. The van der Waals surface area contributed by atoms with E-state index in [9.17, 15) is 10.1 Å². The number of aryl methyl sites for hydroxylation is 2. The number of nitrogens with one attached hydrogen (secondary N) is 1. The third kappa shape index (κ3) is 4.08. The molecule has 0 spiro atoms. The van der Waals surface area contributed by atoms with Crippen LogP contribution in [0.5, 0.6) is 0 Å². The number of likely N-dealkylation sites (N-methyl/N-ethyl adjacent to an activating group) is 1. The minimum atomic E-state index is -0.178. The van der Waals surface area contributed by atoms with E-state index in [1.165, 1.54) is 0 Å². The highest BCUT2D eigenvalue weighted by Gasteiger charge is 2.24. The first-order valence-electron chi connectivity index (χ1n) is 11.1. The van der Waals surface area contributed by atoms with E-state index in [1.54, 1.807) is 12.3 Å². The maximum absolute atomic E-state index is 13.1. The first-order valence-corrected chi connectivity index (χ1v) is 12.1. The molecule has 0 saturated carbocycles. The number of halogens is 1. The van der Waals surface area contributed by atoms with Crippen LogP contribution in [-0.4, -0.2) is 56.3 Å². The number of benzene rings is 2. The van der Waals surface area contributed by atoms with Crippen molar-refractivity contribution in [1.29, 1.82) is 5.26 Å². The van der Waals surface area contributed by atoms with Crippen molar-refractivity contribution in [2.75, 3.05) is 20.1 Å². The Morgan fingerprint density at radius 1 is 1.24 bits per heavy atom. The van der Waals surface area contributed by atoms with Crippen LogP contribution >= 0.6 is 22.6 Å². The van der Waals surface area contributed by atoms with Gasteiger partial charge in [-0.3, -0.25) is 14.0 Å². The summed E-state index contributed by atoms with van der Waals surface area (Å²) in [5, 5.41) is 18.1. The minimum absolute atomic E-state index is 0.122. The summed E-state index contributed by atoms with van der Waals surface area (Å²) in [5.74, 6) is 0.472. The van der Waals surface area contributed by atoms with Crippen LogP contribution in [-0.2, 0) is 7.05 Å². The zero-order valence-corrected chi connectivity index (χ0v) is 21.4. The Morgan fingerprint density at radius 3 is 2.76 bits per heavy atom. The molecule has 1 atom stereocenters. The van der Waals surface area contributed by atoms with Crippen LogP contribution in [0.15, 0.2) is 42.6 Å². The number of nitriles is 1. The smallest absolute Gasteiger partial charge is 0.271 e. The number of hydrogen-bond acceptors (Lipinski definition) is 5. The largest absolute Gasteiger partial charge is 0.347 e. The number of carbonyl (C=O) groups excluding carboxylic acids is 1. The average Bonchev–Trinajstić information content (AvgIpc) is 3.51. The van der Waals surface area contributed by atoms with Gasteiger partial charge in [0, 0.05) is 51.7 Å². The normalized spacial score (nSPS) is 16.1. The first kappa shape index (κ1) is 22.6. The van der Waals surface area contributed by atoms with Crippen LogP contribution in [0.1, 0.15) is 28.2 Å². The molecule has 172 valence electrons. The second-order valence-corrected chi connectivity index (χ2v) is 9.92. The van der Waals surface area contributed by atoms with Crippen molar-refractivity contribution >= 4 is 39.4 Å². The van der Waals surface area contributed by atoms with E-state index in [0.717, 1.165) is 50.9 Å². The fraction of sp³-hybridized carbons (Fsp3) is 0.280. The van der Waals surface area contributed by atoms with Gasteiger partial charge in [0.1, 0.15) is 17.6 Å². The summed E-state index contributed by atoms with van der Waals surface area (Å²) in [6, 6.07) is 14.0. The van der Waals surface area contributed by atoms with Gasteiger partial charge in [0.15, 0.2) is 0 Å². The third-order valence-electron chi connectivity index (χ3n) is 6.40. The number of rotatable bonds is 4. The Morgan fingerprint density at radius 2 is 2.06 bits per heavy atom. The van der Waals surface area contributed by atoms with Gasteiger partial charge in [-0.2, -0.15) is 10.4 Å². The quantitative estimate of drug-likeness (QED) is 0.382. The Hall–Kier alpha value is -3.23. The van der Waals surface area contributed by atoms with Gasteiger partial charge in [-0.1, -0.05) is 0 Å². The number of aromatic nitrogens is 4. The van der Waals surface area contributed by atoms with Gasteiger partial charge in [0.2, 0.25) is 0 Å². The molecule has 1 fully saturated rings. The van der Waals surface area contributed by atoms with Gasteiger partial charge < -0.3 is 10.2 Å². The molecule has 9 heteroatoms. The molecule has 0 aliphatic carbocycles. The molecular formula is C25H24IN7O. The van der Waals surface area contributed by atoms with E-state index >= 15 is 0 Å². The van der Waals surface area contributed by atoms with Crippen LogP contribution in [0.2, 0.25) is 0 Å². The molecule has 4 aromatic rings. The van der Waals surface area contributed by atoms with Gasteiger partial charge in [-0.25, -0.2) is 4.98 Å². The first-order chi connectivity index (χ1) is 16.3. The number of likely N-dealkylation sites (tertiary alicyclic amines) is 1. The van der Waals surface area contributed by atoms with Crippen molar-refractivity contribution in [2.24, 2.45) is 7.05 Å². The number of hydrogen-bond donors (Lipinski definition) is 1. The molecular weight excluding hydrogens is 541 g/mol. The lowest BCUT2D eigenvalue weighted by atomic mass is 10.1. The molecule has 34 heavy (non-hydrogen) atoms. The predicted octanol–water partition coefficient (Wildman–Crippen LogP) is 3.64. The standard InChI is InChI=1S/C25H24IN7O/c1-15-20-11-19(6-7-22(20)30-32(15)3)33-14-23(25(34)28-18-8-9-31(2)13-18)29-24(33)16-4-5-17(12-27)21(26)10-16/h4-7,10-11,14,18H,8-9,13H2,1-3H3,(H,28,34)/t18-/m0/s1. The van der Waals surface area contributed by atoms with E-state index < -0.39 is 0 Å². The molecule has 2 aromatic carbocycles. The fourth-order valence-corrected chi connectivity index (χ4v) is 5.04. The highest BCUT2D eigenvalue weighted by molar-refractivity contribution is 14.1. The summed E-state index contributed by atoms with van der Waals surface area (Å²) >= 11 is 2.16. The Bertz CT molecular complexity index is 1460. The summed E-state index contributed by atoms with van der Waals surface area (Å²) in [5.41, 5.74) is 4.69. The van der Waals surface area contributed by atoms with E-state index in [2.05, 4.69) is 57.1 Å². The van der Waals surface area contributed by atoms with Crippen molar-refractivity contribution in [3.63, 3.8) is 0 Å². The molecule has 1 aliphatic heterocycles. The van der Waals surface area contributed by atoms with Crippen LogP contribution in [0.4, 0.5) is 0 Å². The number of fused-ring (bicyclic) bond motifs is 1. The Kier molecular flexibility index (Phi) is 5.87. The molecule has 0 radical (unpaired) electrons. The monoisotopic (exact) mass is 565 g/mol. The van der Waals surface area contributed by atoms with Gasteiger partial charge in [-0.15, -0.1) is 0 Å². The topological polar surface area (TPSA) is 91.8 Å². The average molecular weight is 565 g/mol. The van der Waals surface area contributed by atoms with Crippen LogP contribution in [0.3, 0.4) is 0 Å². The molecule has 3 heterocycles. The maximum Gasteiger partial charge on any atom is 0.271 e. The predicted molar refractivity (Wildman–Crippen MR) is 139 cm³/mol. The number of imidazole rings is 1. The maximum atomic E-state index is 13.1. The Labute approximate surface area is 211 Å². The van der Waals surface area contributed by atoms with Crippen molar-refractivity contribution < 1.29 is 4.79 Å². The summed E-state index contributed by atoms with van der Waals surface area (Å²) in [4.78, 5) is 20.1. The number of amides is 1. The fourth-order valence-electron chi connectivity index (χ4n) is 4.41. The minimum Gasteiger partial charge on any atom is -0.347 e. The van der Waals surface area contributed by atoms with Gasteiger partial charge in [0.05, 0.1) is 11.1 Å². The van der Waals surface area contributed by atoms with Crippen LogP contribution in [0.25, 0.3) is 28.0 Å². The zero-order valence-electron chi connectivity index (χ0n) is 19.2. The van der Waals surface area contributed by atoms with Crippen LogP contribution < -0.4 is 5.32 Å². The van der Waals surface area contributed by atoms with Crippen molar-refractivity contribution in [1.82, 2.24) is 29.5 Å². The van der Waals surface area contributed by atoms with E-state index in [0.29, 0.717) is 17.1 Å². The Balaban J connectivity index is 1.60. The highest BCUT2D eigenvalue weighted by atomic mass is 127. The van der Waals surface area contributed by atoms with Gasteiger partial charge in [-0.05, 0) is 85.9 Å².